The lowest BCUT2D eigenvalue weighted by atomic mass is 9.83. The molecular weight excluding hydrogens is 214 g/mol. The van der Waals surface area contributed by atoms with Crippen LogP contribution in [0.1, 0.15) is 25.7 Å². The van der Waals surface area contributed by atoms with Crippen LogP contribution in [-0.4, -0.2) is 6.54 Å². The fourth-order valence-electron chi connectivity index (χ4n) is 2.32. The summed E-state index contributed by atoms with van der Waals surface area (Å²) in [7, 11) is 0. The standard InChI is InChI=1S/C14H17NS/c1-3-11(4-1)7-9-15-13-6-2-5-12-8-10-16-14(12)13/h2,5-6,8,10-11,15H,1,3-4,7,9H2. The van der Waals surface area contributed by atoms with Gasteiger partial charge in [0.1, 0.15) is 0 Å². The van der Waals surface area contributed by atoms with Gasteiger partial charge < -0.3 is 5.32 Å². The number of fused-ring (bicyclic) bond motifs is 1. The van der Waals surface area contributed by atoms with E-state index in [1.165, 1.54) is 41.5 Å². The minimum Gasteiger partial charge on any atom is -0.384 e. The van der Waals surface area contributed by atoms with Crippen molar-refractivity contribution in [3.8, 4) is 0 Å². The van der Waals surface area contributed by atoms with Gasteiger partial charge in [0.25, 0.3) is 0 Å². The van der Waals surface area contributed by atoms with Crippen LogP contribution >= 0.6 is 11.3 Å². The van der Waals surface area contributed by atoms with E-state index < -0.39 is 0 Å². The van der Waals surface area contributed by atoms with Crippen molar-refractivity contribution in [2.45, 2.75) is 25.7 Å². The molecule has 0 unspecified atom stereocenters. The largest absolute Gasteiger partial charge is 0.384 e. The first-order chi connectivity index (χ1) is 7.93. The minimum absolute atomic E-state index is 0.995. The molecule has 84 valence electrons. The molecule has 1 aromatic carbocycles. The maximum Gasteiger partial charge on any atom is 0.0574 e. The lowest BCUT2D eigenvalue weighted by molar-refractivity contribution is 0.303. The number of hydrogen-bond donors (Lipinski definition) is 1. The van der Waals surface area contributed by atoms with Gasteiger partial charge in [-0.05, 0) is 35.2 Å². The average Bonchev–Trinajstić information content (AvgIpc) is 2.70. The Labute approximate surface area is 100 Å². The Bertz CT molecular complexity index is 470. The van der Waals surface area contributed by atoms with Gasteiger partial charge in [0, 0.05) is 6.54 Å². The summed E-state index contributed by atoms with van der Waals surface area (Å²) in [5, 5.41) is 7.11. The molecule has 1 aliphatic rings. The van der Waals surface area contributed by atoms with Gasteiger partial charge in [-0.15, -0.1) is 11.3 Å². The van der Waals surface area contributed by atoms with E-state index in [1.807, 2.05) is 11.3 Å². The van der Waals surface area contributed by atoms with Crippen molar-refractivity contribution >= 4 is 27.1 Å². The van der Waals surface area contributed by atoms with E-state index in [1.54, 1.807) is 0 Å². The Morgan fingerprint density at radius 1 is 1.25 bits per heavy atom. The zero-order valence-corrected chi connectivity index (χ0v) is 10.2. The summed E-state index contributed by atoms with van der Waals surface area (Å²) in [5.74, 6) is 0.995. The van der Waals surface area contributed by atoms with Crippen molar-refractivity contribution in [2.24, 2.45) is 5.92 Å². The minimum atomic E-state index is 0.995. The van der Waals surface area contributed by atoms with Crippen LogP contribution in [0.25, 0.3) is 10.1 Å². The molecule has 1 heterocycles. The van der Waals surface area contributed by atoms with E-state index in [0.717, 1.165) is 12.5 Å². The Morgan fingerprint density at radius 2 is 2.19 bits per heavy atom. The van der Waals surface area contributed by atoms with Crippen molar-refractivity contribution in [3.05, 3.63) is 29.6 Å². The van der Waals surface area contributed by atoms with Gasteiger partial charge in [-0.1, -0.05) is 31.4 Å². The molecular formula is C14H17NS. The summed E-state index contributed by atoms with van der Waals surface area (Å²) >= 11 is 1.83. The molecule has 0 spiro atoms. The number of rotatable bonds is 4. The molecule has 2 heteroatoms. The third kappa shape index (κ3) is 1.94. The normalized spacial score (nSPS) is 16.2. The topological polar surface area (TPSA) is 12.0 Å². The van der Waals surface area contributed by atoms with Gasteiger partial charge in [-0.2, -0.15) is 0 Å². The first kappa shape index (κ1) is 10.2. The van der Waals surface area contributed by atoms with Crippen LogP contribution in [0.2, 0.25) is 0 Å². The smallest absolute Gasteiger partial charge is 0.0574 e. The predicted octanol–water partition coefficient (Wildman–Crippen LogP) is 4.50. The van der Waals surface area contributed by atoms with Crippen LogP contribution in [0.3, 0.4) is 0 Å². The summed E-state index contributed by atoms with van der Waals surface area (Å²) in [6.07, 6.45) is 5.68. The molecule has 1 fully saturated rings. The highest BCUT2D eigenvalue weighted by molar-refractivity contribution is 7.17. The molecule has 0 radical (unpaired) electrons. The maximum atomic E-state index is 3.58. The quantitative estimate of drug-likeness (QED) is 0.816. The number of hydrogen-bond acceptors (Lipinski definition) is 2. The zero-order chi connectivity index (χ0) is 10.8. The lowest BCUT2D eigenvalue weighted by Crippen LogP contribution is -2.15. The Hall–Kier alpha value is -1.02. The second kappa shape index (κ2) is 4.46. The van der Waals surface area contributed by atoms with Gasteiger partial charge in [0.05, 0.1) is 10.4 Å². The van der Waals surface area contributed by atoms with Crippen molar-refractivity contribution in [2.75, 3.05) is 11.9 Å². The lowest BCUT2D eigenvalue weighted by Gasteiger charge is -2.25. The Morgan fingerprint density at radius 3 is 3.00 bits per heavy atom. The monoisotopic (exact) mass is 231 g/mol. The second-order valence-electron chi connectivity index (χ2n) is 4.66. The van der Waals surface area contributed by atoms with Crippen LogP contribution in [0, 0.1) is 5.92 Å². The molecule has 1 aromatic heterocycles. The van der Waals surface area contributed by atoms with E-state index in [-0.39, 0.29) is 0 Å². The Balaban J connectivity index is 1.66. The average molecular weight is 231 g/mol. The van der Waals surface area contributed by atoms with Gasteiger partial charge in [0.15, 0.2) is 0 Å². The molecule has 0 atom stereocenters. The highest BCUT2D eigenvalue weighted by atomic mass is 32.1. The number of thiophene rings is 1. The molecule has 16 heavy (non-hydrogen) atoms. The number of nitrogens with one attached hydrogen (secondary N) is 1. The zero-order valence-electron chi connectivity index (χ0n) is 9.41. The summed E-state index contributed by atoms with van der Waals surface area (Å²) in [6.45, 7) is 1.13. The fraction of sp³-hybridized carbons (Fsp3) is 0.429. The van der Waals surface area contributed by atoms with E-state index in [4.69, 9.17) is 0 Å². The Kier molecular flexibility index (Phi) is 2.83. The third-order valence-corrected chi connectivity index (χ3v) is 4.54. The van der Waals surface area contributed by atoms with Gasteiger partial charge in [-0.3, -0.25) is 0 Å². The predicted molar refractivity (Wildman–Crippen MR) is 72.3 cm³/mol. The molecule has 1 saturated carbocycles. The van der Waals surface area contributed by atoms with Crippen molar-refractivity contribution in [1.82, 2.24) is 0 Å². The summed E-state index contributed by atoms with van der Waals surface area (Å²) in [4.78, 5) is 0. The molecule has 0 amide bonds. The first-order valence-electron chi connectivity index (χ1n) is 6.13. The van der Waals surface area contributed by atoms with Crippen LogP contribution in [-0.2, 0) is 0 Å². The second-order valence-corrected chi connectivity index (χ2v) is 5.57. The van der Waals surface area contributed by atoms with Crippen LogP contribution in [0.15, 0.2) is 29.6 Å². The van der Waals surface area contributed by atoms with Crippen LogP contribution < -0.4 is 5.32 Å². The van der Waals surface area contributed by atoms with Crippen molar-refractivity contribution < 1.29 is 0 Å². The van der Waals surface area contributed by atoms with E-state index in [0.29, 0.717) is 0 Å². The van der Waals surface area contributed by atoms with Crippen molar-refractivity contribution in [1.29, 1.82) is 0 Å². The molecule has 1 aliphatic carbocycles. The molecule has 1 nitrogen and oxygen atoms in total. The highest BCUT2D eigenvalue weighted by Gasteiger charge is 2.16. The molecule has 3 rings (SSSR count). The summed E-state index contributed by atoms with van der Waals surface area (Å²) < 4.78 is 1.40. The van der Waals surface area contributed by atoms with Crippen LogP contribution in [0.4, 0.5) is 5.69 Å². The number of benzene rings is 1. The third-order valence-electron chi connectivity index (χ3n) is 3.57. The molecule has 1 N–H and O–H groups in total. The number of anilines is 1. The molecule has 0 aliphatic heterocycles. The van der Waals surface area contributed by atoms with Gasteiger partial charge >= 0.3 is 0 Å². The van der Waals surface area contributed by atoms with E-state index in [2.05, 4.69) is 35.0 Å². The van der Waals surface area contributed by atoms with E-state index >= 15 is 0 Å². The molecule has 0 saturated heterocycles. The van der Waals surface area contributed by atoms with Gasteiger partial charge in [-0.25, -0.2) is 0 Å². The first-order valence-corrected chi connectivity index (χ1v) is 7.01. The maximum absolute atomic E-state index is 3.58. The summed E-state index contributed by atoms with van der Waals surface area (Å²) in [5.41, 5.74) is 1.31. The summed E-state index contributed by atoms with van der Waals surface area (Å²) in [6, 6.07) is 8.71. The van der Waals surface area contributed by atoms with Crippen LogP contribution in [0.5, 0.6) is 0 Å². The highest BCUT2D eigenvalue weighted by Crippen LogP contribution is 2.31. The van der Waals surface area contributed by atoms with E-state index in [9.17, 15) is 0 Å². The van der Waals surface area contributed by atoms with Gasteiger partial charge in [0.2, 0.25) is 0 Å². The fourth-order valence-corrected chi connectivity index (χ4v) is 3.21. The van der Waals surface area contributed by atoms with Crippen molar-refractivity contribution in [3.63, 3.8) is 0 Å². The molecule has 0 bridgehead atoms. The molecule has 2 aromatic rings. The SMILES string of the molecule is c1cc(NCCC2CCC2)c2sccc2c1.